The predicted octanol–water partition coefficient (Wildman–Crippen LogP) is 3.88. The number of aryl methyl sites for hydroxylation is 1. The molecular formula is C17H24ClF2N3O. The topological polar surface area (TPSA) is 39.1 Å². The molecule has 0 fully saturated rings. The van der Waals surface area contributed by atoms with E-state index in [0.29, 0.717) is 32.0 Å². The molecule has 0 atom stereocenters. The van der Waals surface area contributed by atoms with Gasteiger partial charge in [0.25, 0.3) is 0 Å². The van der Waals surface area contributed by atoms with Crippen LogP contribution in [0.4, 0.5) is 8.78 Å². The molecule has 1 aromatic heterocycles. The SMILES string of the molecule is CNCc1cc(OCc2ccc(F)cc2)n(CCC(C)(C)F)n1.Cl. The fraction of sp³-hybridized carbons (Fsp3) is 0.471. The summed E-state index contributed by atoms with van der Waals surface area (Å²) >= 11 is 0. The van der Waals surface area contributed by atoms with Gasteiger partial charge in [0.05, 0.1) is 5.69 Å². The van der Waals surface area contributed by atoms with Crippen LogP contribution in [0.15, 0.2) is 30.3 Å². The Morgan fingerprint density at radius 2 is 1.92 bits per heavy atom. The average molecular weight is 360 g/mol. The lowest BCUT2D eigenvalue weighted by molar-refractivity contribution is 0.183. The van der Waals surface area contributed by atoms with E-state index in [1.165, 1.54) is 12.1 Å². The molecule has 0 bridgehead atoms. The molecule has 24 heavy (non-hydrogen) atoms. The molecular weight excluding hydrogens is 336 g/mol. The molecule has 4 nitrogen and oxygen atoms in total. The van der Waals surface area contributed by atoms with E-state index in [4.69, 9.17) is 4.74 Å². The van der Waals surface area contributed by atoms with Crippen LogP contribution in [-0.2, 0) is 19.7 Å². The number of rotatable bonds is 8. The molecule has 0 saturated carbocycles. The molecule has 0 saturated heterocycles. The van der Waals surface area contributed by atoms with E-state index in [0.717, 1.165) is 11.3 Å². The van der Waals surface area contributed by atoms with E-state index in [1.807, 2.05) is 13.1 Å². The van der Waals surface area contributed by atoms with Gasteiger partial charge in [0.2, 0.25) is 5.88 Å². The highest BCUT2D eigenvalue weighted by Crippen LogP contribution is 2.20. The normalized spacial score (nSPS) is 11.2. The van der Waals surface area contributed by atoms with Gasteiger partial charge in [-0.25, -0.2) is 13.5 Å². The molecule has 0 radical (unpaired) electrons. The minimum absolute atomic E-state index is 0. The standard InChI is InChI=1S/C17H23F2N3O.ClH/c1-17(2,19)8-9-22-16(10-15(21-22)11-20-3)23-12-13-4-6-14(18)7-5-13;/h4-7,10,20H,8-9,11-12H2,1-3H3;1H. The van der Waals surface area contributed by atoms with Gasteiger partial charge in [-0.2, -0.15) is 5.10 Å². The van der Waals surface area contributed by atoms with Crippen molar-refractivity contribution in [3.63, 3.8) is 0 Å². The molecule has 0 aliphatic carbocycles. The summed E-state index contributed by atoms with van der Waals surface area (Å²) in [6.45, 7) is 4.45. The number of halogens is 3. The largest absolute Gasteiger partial charge is 0.473 e. The molecule has 2 aromatic rings. The van der Waals surface area contributed by atoms with E-state index in [-0.39, 0.29) is 18.2 Å². The van der Waals surface area contributed by atoms with Gasteiger partial charge in [0.15, 0.2) is 0 Å². The lowest BCUT2D eigenvalue weighted by Crippen LogP contribution is -2.17. The van der Waals surface area contributed by atoms with Crippen LogP contribution < -0.4 is 10.1 Å². The molecule has 0 amide bonds. The molecule has 0 spiro atoms. The highest BCUT2D eigenvalue weighted by molar-refractivity contribution is 5.85. The van der Waals surface area contributed by atoms with Crippen molar-refractivity contribution in [1.82, 2.24) is 15.1 Å². The Kier molecular flexibility index (Phi) is 7.63. The van der Waals surface area contributed by atoms with Crippen molar-refractivity contribution in [1.29, 1.82) is 0 Å². The first-order chi connectivity index (χ1) is 10.9. The first-order valence-corrected chi connectivity index (χ1v) is 7.65. The van der Waals surface area contributed by atoms with E-state index >= 15 is 0 Å². The molecule has 2 rings (SSSR count). The summed E-state index contributed by atoms with van der Waals surface area (Å²) in [6, 6.07) is 7.98. The van der Waals surface area contributed by atoms with Crippen molar-refractivity contribution in [3.05, 3.63) is 47.4 Å². The quantitative estimate of drug-likeness (QED) is 0.777. The second-order valence-electron chi connectivity index (χ2n) is 6.11. The lowest BCUT2D eigenvalue weighted by atomic mass is 10.1. The molecule has 0 aliphatic rings. The van der Waals surface area contributed by atoms with Gasteiger partial charge in [0, 0.05) is 25.6 Å². The van der Waals surface area contributed by atoms with Gasteiger partial charge in [-0.15, -0.1) is 12.4 Å². The third kappa shape index (κ3) is 6.45. The highest BCUT2D eigenvalue weighted by atomic mass is 35.5. The summed E-state index contributed by atoms with van der Waals surface area (Å²) in [7, 11) is 1.84. The first kappa shape index (κ1) is 20.4. The maximum Gasteiger partial charge on any atom is 0.212 e. The van der Waals surface area contributed by atoms with E-state index in [2.05, 4.69) is 10.4 Å². The fourth-order valence-electron chi connectivity index (χ4n) is 2.10. The van der Waals surface area contributed by atoms with Crippen molar-refractivity contribution >= 4 is 12.4 Å². The summed E-state index contributed by atoms with van der Waals surface area (Å²) in [6.07, 6.45) is 0.348. The maximum atomic E-state index is 13.7. The van der Waals surface area contributed by atoms with E-state index in [9.17, 15) is 8.78 Å². The number of hydrogen-bond acceptors (Lipinski definition) is 3. The Hall–Kier alpha value is -1.66. The fourth-order valence-corrected chi connectivity index (χ4v) is 2.10. The third-order valence-electron chi connectivity index (χ3n) is 3.37. The highest BCUT2D eigenvalue weighted by Gasteiger charge is 2.17. The van der Waals surface area contributed by atoms with Crippen molar-refractivity contribution in [3.8, 4) is 5.88 Å². The summed E-state index contributed by atoms with van der Waals surface area (Å²) < 4.78 is 34.1. The molecule has 134 valence electrons. The smallest absolute Gasteiger partial charge is 0.212 e. The zero-order valence-corrected chi connectivity index (χ0v) is 15.0. The Labute approximate surface area is 147 Å². The van der Waals surface area contributed by atoms with Crippen LogP contribution >= 0.6 is 12.4 Å². The Morgan fingerprint density at radius 1 is 1.25 bits per heavy atom. The van der Waals surface area contributed by atoms with Crippen LogP contribution in [0.2, 0.25) is 0 Å². The van der Waals surface area contributed by atoms with Gasteiger partial charge >= 0.3 is 0 Å². The van der Waals surface area contributed by atoms with Crippen molar-refractivity contribution in [2.24, 2.45) is 0 Å². The molecule has 0 aliphatic heterocycles. The lowest BCUT2D eigenvalue weighted by Gasteiger charge is -2.15. The number of alkyl halides is 1. The van der Waals surface area contributed by atoms with Crippen LogP contribution in [0.25, 0.3) is 0 Å². The number of nitrogens with one attached hydrogen (secondary N) is 1. The second kappa shape index (κ2) is 8.99. The number of benzene rings is 1. The van der Waals surface area contributed by atoms with Crippen LogP contribution in [0, 0.1) is 5.82 Å². The Balaban J connectivity index is 0.00000288. The molecule has 7 heteroatoms. The molecule has 1 heterocycles. The number of ether oxygens (including phenoxy) is 1. The molecule has 1 aromatic carbocycles. The summed E-state index contributed by atoms with van der Waals surface area (Å²) in [4.78, 5) is 0. The Bertz CT molecular complexity index is 624. The van der Waals surface area contributed by atoms with Gasteiger partial charge in [-0.1, -0.05) is 12.1 Å². The van der Waals surface area contributed by atoms with E-state index in [1.54, 1.807) is 30.7 Å². The summed E-state index contributed by atoms with van der Waals surface area (Å²) in [5, 5.41) is 7.46. The van der Waals surface area contributed by atoms with Gasteiger partial charge < -0.3 is 10.1 Å². The van der Waals surface area contributed by atoms with Crippen molar-refractivity contribution < 1.29 is 13.5 Å². The monoisotopic (exact) mass is 359 g/mol. The molecule has 1 N–H and O–H groups in total. The maximum absolute atomic E-state index is 13.7. The zero-order valence-electron chi connectivity index (χ0n) is 14.2. The number of nitrogens with zero attached hydrogens (tertiary/aromatic N) is 2. The molecule has 0 unspecified atom stereocenters. The van der Waals surface area contributed by atoms with Crippen LogP contribution in [-0.4, -0.2) is 22.5 Å². The first-order valence-electron chi connectivity index (χ1n) is 7.65. The van der Waals surface area contributed by atoms with Crippen molar-refractivity contribution in [2.75, 3.05) is 7.05 Å². The summed E-state index contributed by atoms with van der Waals surface area (Å²) in [5.41, 5.74) is 0.432. The third-order valence-corrected chi connectivity index (χ3v) is 3.37. The van der Waals surface area contributed by atoms with Crippen LogP contribution in [0.1, 0.15) is 31.5 Å². The minimum Gasteiger partial charge on any atom is -0.473 e. The van der Waals surface area contributed by atoms with Crippen LogP contribution in [0.5, 0.6) is 5.88 Å². The minimum atomic E-state index is -1.26. The van der Waals surface area contributed by atoms with Gasteiger partial charge in [-0.05, 0) is 38.6 Å². The second-order valence-corrected chi connectivity index (χ2v) is 6.11. The van der Waals surface area contributed by atoms with E-state index < -0.39 is 5.67 Å². The summed E-state index contributed by atoms with van der Waals surface area (Å²) in [5.74, 6) is 0.309. The zero-order chi connectivity index (χ0) is 16.9. The average Bonchev–Trinajstić information content (AvgIpc) is 2.86. The van der Waals surface area contributed by atoms with Gasteiger partial charge in [0.1, 0.15) is 18.1 Å². The predicted molar refractivity (Wildman–Crippen MR) is 92.8 cm³/mol. The van der Waals surface area contributed by atoms with Crippen molar-refractivity contribution in [2.45, 2.75) is 45.6 Å². The Morgan fingerprint density at radius 3 is 2.50 bits per heavy atom. The number of hydrogen-bond donors (Lipinski definition) is 1. The van der Waals surface area contributed by atoms with Gasteiger partial charge in [-0.3, -0.25) is 0 Å². The number of aromatic nitrogens is 2. The van der Waals surface area contributed by atoms with Crippen LogP contribution in [0.3, 0.4) is 0 Å².